The van der Waals surface area contributed by atoms with Crippen LogP contribution in [0.25, 0.3) is 0 Å². The van der Waals surface area contributed by atoms with Gasteiger partial charge in [-0.15, -0.1) is 11.6 Å². The van der Waals surface area contributed by atoms with Gasteiger partial charge in [-0.3, -0.25) is 4.79 Å². The SMILES string of the molecule is O=C(C(Cl)c1ccccc1)N1CCC[C@@H]1CO. The molecule has 1 N–H and O–H groups in total. The smallest absolute Gasteiger partial charge is 0.245 e. The Labute approximate surface area is 106 Å². The average Bonchev–Trinajstić information content (AvgIpc) is 2.86. The number of hydrogen-bond donors (Lipinski definition) is 1. The van der Waals surface area contributed by atoms with E-state index in [9.17, 15) is 9.90 Å². The molecule has 1 heterocycles. The molecule has 1 amide bonds. The number of benzene rings is 1. The third-order valence-electron chi connectivity index (χ3n) is 3.18. The van der Waals surface area contributed by atoms with E-state index in [-0.39, 0.29) is 18.6 Å². The van der Waals surface area contributed by atoms with E-state index in [4.69, 9.17) is 11.6 Å². The standard InChI is InChI=1S/C13H16ClNO2/c14-12(10-5-2-1-3-6-10)13(17)15-8-4-7-11(15)9-16/h1-3,5-6,11-12,16H,4,7-9H2/t11-,12?/m1/s1. The first-order chi connectivity index (χ1) is 8.24. The highest BCUT2D eigenvalue weighted by atomic mass is 35.5. The molecule has 0 radical (unpaired) electrons. The molecule has 0 bridgehead atoms. The Bertz CT molecular complexity index is 382. The van der Waals surface area contributed by atoms with Crippen LogP contribution in [0.1, 0.15) is 23.8 Å². The molecule has 4 heteroatoms. The Hall–Kier alpha value is -1.06. The second-order valence-electron chi connectivity index (χ2n) is 4.28. The van der Waals surface area contributed by atoms with Crippen molar-refractivity contribution in [2.45, 2.75) is 24.3 Å². The molecule has 1 aromatic carbocycles. The van der Waals surface area contributed by atoms with Crippen LogP contribution in [0.3, 0.4) is 0 Å². The molecule has 92 valence electrons. The average molecular weight is 254 g/mol. The largest absolute Gasteiger partial charge is 0.394 e. The van der Waals surface area contributed by atoms with Crippen LogP contribution >= 0.6 is 11.6 Å². The van der Waals surface area contributed by atoms with Crippen LogP contribution in [0.4, 0.5) is 0 Å². The fraction of sp³-hybridized carbons (Fsp3) is 0.462. The van der Waals surface area contributed by atoms with Gasteiger partial charge in [0.15, 0.2) is 0 Å². The summed E-state index contributed by atoms with van der Waals surface area (Å²) in [7, 11) is 0. The van der Waals surface area contributed by atoms with Crippen molar-refractivity contribution in [3.05, 3.63) is 35.9 Å². The monoisotopic (exact) mass is 253 g/mol. The number of nitrogens with zero attached hydrogens (tertiary/aromatic N) is 1. The maximum absolute atomic E-state index is 12.2. The normalized spacial score (nSPS) is 21.5. The summed E-state index contributed by atoms with van der Waals surface area (Å²) in [6, 6.07) is 9.26. The van der Waals surface area contributed by atoms with E-state index in [1.54, 1.807) is 4.90 Å². The summed E-state index contributed by atoms with van der Waals surface area (Å²) in [5.74, 6) is -0.102. The van der Waals surface area contributed by atoms with E-state index in [1.807, 2.05) is 30.3 Å². The molecule has 2 rings (SSSR count). The first-order valence-electron chi connectivity index (χ1n) is 5.84. The molecule has 0 aliphatic carbocycles. The topological polar surface area (TPSA) is 40.5 Å². The Morgan fingerprint density at radius 1 is 1.47 bits per heavy atom. The molecule has 0 aromatic heterocycles. The molecule has 3 nitrogen and oxygen atoms in total. The van der Waals surface area contributed by atoms with Gasteiger partial charge in [0.05, 0.1) is 12.6 Å². The van der Waals surface area contributed by atoms with E-state index in [2.05, 4.69) is 0 Å². The summed E-state index contributed by atoms with van der Waals surface area (Å²) in [4.78, 5) is 13.9. The molecule has 0 saturated carbocycles. The van der Waals surface area contributed by atoms with Crippen LogP contribution in [0.15, 0.2) is 30.3 Å². The Balaban J connectivity index is 2.10. The zero-order valence-corrected chi connectivity index (χ0v) is 10.3. The van der Waals surface area contributed by atoms with Gasteiger partial charge in [-0.1, -0.05) is 30.3 Å². The zero-order chi connectivity index (χ0) is 12.3. The second kappa shape index (κ2) is 5.52. The number of likely N-dealkylation sites (tertiary alicyclic amines) is 1. The molecule has 1 aliphatic heterocycles. The number of aliphatic hydroxyl groups is 1. The third kappa shape index (κ3) is 2.61. The maximum Gasteiger partial charge on any atom is 0.245 e. The lowest BCUT2D eigenvalue weighted by Crippen LogP contribution is -2.39. The second-order valence-corrected chi connectivity index (χ2v) is 4.72. The lowest BCUT2D eigenvalue weighted by Gasteiger charge is -2.25. The van der Waals surface area contributed by atoms with Crippen LogP contribution in [0.5, 0.6) is 0 Å². The minimum absolute atomic E-state index is 0.0180. The molecular formula is C13H16ClNO2. The number of aliphatic hydroxyl groups excluding tert-OH is 1. The van der Waals surface area contributed by atoms with Gasteiger partial charge in [-0.05, 0) is 18.4 Å². The van der Waals surface area contributed by atoms with E-state index in [0.717, 1.165) is 18.4 Å². The zero-order valence-electron chi connectivity index (χ0n) is 9.55. The summed E-state index contributed by atoms with van der Waals surface area (Å²) in [5, 5.41) is 8.55. The van der Waals surface area contributed by atoms with E-state index in [0.29, 0.717) is 6.54 Å². The fourth-order valence-electron chi connectivity index (χ4n) is 2.23. The third-order valence-corrected chi connectivity index (χ3v) is 3.62. The van der Waals surface area contributed by atoms with Gasteiger partial charge >= 0.3 is 0 Å². The minimum Gasteiger partial charge on any atom is -0.394 e. The number of carbonyl (C=O) groups excluding carboxylic acids is 1. The highest BCUT2D eigenvalue weighted by molar-refractivity contribution is 6.30. The number of hydrogen-bond acceptors (Lipinski definition) is 2. The lowest BCUT2D eigenvalue weighted by molar-refractivity contribution is -0.132. The van der Waals surface area contributed by atoms with Crippen molar-refractivity contribution < 1.29 is 9.90 Å². The number of carbonyl (C=O) groups is 1. The van der Waals surface area contributed by atoms with Crippen LogP contribution < -0.4 is 0 Å². The van der Waals surface area contributed by atoms with E-state index < -0.39 is 5.38 Å². The number of alkyl halides is 1. The van der Waals surface area contributed by atoms with Gasteiger partial charge in [0, 0.05) is 6.54 Å². The number of halogens is 1. The number of amides is 1. The summed E-state index contributed by atoms with van der Waals surface area (Å²) in [6.07, 6.45) is 1.80. The van der Waals surface area contributed by atoms with E-state index in [1.165, 1.54) is 0 Å². The van der Waals surface area contributed by atoms with Gasteiger partial charge in [-0.25, -0.2) is 0 Å². The van der Waals surface area contributed by atoms with Gasteiger partial charge in [0.1, 0.15) is 5.38 Å². The predicted octanol–water partition coefficient (Wildman–Crippen LogP) is 1.95. The fourth-order valence-corrected chi connectivity index (χ4v) is 2.50. The van der Waals surface area contributed by atoms with Crippen molar-refractivity contribution in [2.75, 3.05) is 13.2 Å². The molecule has 1 aromatic rings. The van der Waals surface area contributed by atoms with Crippen molar-refractivity contribution >= 4 is 17.5 Å². The predicted molar refractivity (Wildman–Crippen MR) is 66.9 cm³/mol. The van der Waals surface area contributed by atoms with Gasteiger partial charge in [-0.2, -0.15) is 0 Å². The van der Waals surface area contributed by atoms with Crippen molar-refractivity contribution in [3.63, 3.8) is 0 Å². The minimum atomic E-state index is -0.650. The van der Waals surface area contributed by atoms with Gasteiger partial charge in [0.25, 0.3) is 0 Å². The van der Waals surface area contributed by atoms with Gasteiger partial charge in [0.2, 0.25) is 5.91 Å². The van der Waals surface area contributed by atoms with Crippen LogP contribution in [-0.2, 0) is 4.79 Å². The van der Waals surface area contributed by atoms with Gasteiger partial charge < -0.3 is 10.0 Å². The van der Waals surface area contributed by atoms with Crippen molar-refractivity contribution in [1.29, 1.82) is 0 Å². The lowest BCUT2D eigenvalue weighted by atomic mass is 10.1. The van der Waals surface area contributed by atoms with Crippen molar-refractivity contribution in [1.82, 2.24) is 4.90 Å². The molecule has 1 fully saturated rings. The summed E-state index contributed by atoms with van der Waals surface area (Å²) < 4.78 is 0. The van der Waals surface area contributed by atoms with Crippen LogP contribution in [-0.4, -0.2) is 35.1 Å². The summed E-state index contributed by atoms with van der Waals surface area (Å²) in [5.41, 5.74) is 0.808. The molecule has 1 saturated heterocycles. The molecule has 17 heavy (non-hydrogen) atoms. The van der Waals surface area contributed by atoms with E-state index >= 15 is 0 Å². The number of rotatable bonds is 3. The van der Waals surface area contributed by atoms with Crippen molar-refractivity contribution in [2.24, 2.45) is 0 Å². The first kappa shape index (κ1) is 12.4. The Morgan fingerprint density at radius 2 is 2.18 bits per heavy atom. The Morgan fingerprint density at radius 3 is 2.82 bits per heavy atom. The molecular weight excluding hydrogens is 238 g/mol. The summed E-state index contributed by atoms with van der Waals surface area (Å²) in [6.45, 7) is 0.713. The van der Waals surface area contributed by atoms with Crippen molar-refractivity contribution in [3.8, 4) is 0 Å². The molecule has 2 atom stereocenters. The Kier molecular flexibility index (Phi) is 4.02. The first-order valence-corrected chi connectivity index (χ1v) is 6.28. The maximum atomic E-state index is 12.2. The molecule has 1 aliphatic rings. The molecule has 0 spiro atoms. The summed E-state index contributed by atoms with van der Waals surface area (Å²) >= 11 is 6.19. The van der Waals surface area contributed by atoms with Crippen LogP contribution in [0.2, 0.25) is 0 Å². The quantitative estimate of drug-likeness (QED) is 0.837. The highest BCUT2D eigenvalue weighted by Gasteiger charge is 2.32. The molecule has 1 unspecified atom stereocenters. The van der Waals surface area contributed by atoms with Crippen LogP contribution in [0, 0.1) is 0 Å². The highest BCUT2D eigenvalue weighted by Crippen LogP contribution is 2.27.